The fourth-order valence-electron chi connectivity index (χ4n) is 7.96. The van der Waals surface area contributed by atoms with Gasteiger partial charge in [0, 0.05) is 47.7 Å². The second-order valence-corrected chi connectivity index (χ2v) is 22.7. The van der Waals surface area contributed by atoms with Crippen LogP contribution in [0.5, 0.6) is 0 Å². The Balaban J connectivity index is 1.36. The molecule has 2 atom stereocenters. The van der Waals surface area contributed by atoms with Gasteiger partial charge in [0.2, 0.25) is 11.7 Å². The molecule has 0 aliphatic heterocycles. The summed E-state index contributed by atoms with van der Waals surface area (Å²) in [5, 5.41) is 16.1. The smallest absolute Gasteiger partial charge is 0.433 e. The van der Waals surface area contributed by atoms with Gasteiger partial charge in [-0.3, -0.25) is 19.9 Å². The van der Waals surface area contributed by atoms with Crippen molar-refractivity contribution in [2.24, 2.45) is 0 Å². The summed E-state index contributed by atoms with van der Waals surface area (Å²) < 4.78 is 171. The van der Waals surface area contributed by atoms with Crippen molar-refractivity contribution in [2.45, 2.75) is 124 Å². The molecule has 11 nitrogen and oxygen atoms in total. The summed E-state index contributed by atoms with van der Waals surface area (Å²) in [5.41, 5.74) is -4.00. The number of amides is 1. The molecule has 23 heteroatoms. The van der Waals surface area contributed by atoms with Gasteiger partial charge in [-0.25, -0.2) is 26.0 Å². The zero-order chi connectivity index (χ0) is 48.3. The van der Waals surface area contributed by atoms with Crippen LogP contribution in [-0.4, -0.2) is 79.2 Å². The van der Waals surface area contributed by atoms with E-state index >= 15 is 0 Å². The van der Waals surface area contributed by atoms with Gasteiger partial charge in [0.1, 0.15) is 28.6 Å². The number of alkyl halides is 7. The second-order valence-electron chi connectivity index (χ2n) is 17.7. The first-order valence-electron chi connectivity index (χ1n) is 20.9. The van der Waals surface area contributed by atoms with E-state index in [1.165, 1.54) is 24.3 Å². The molecule has 358 valence electrons. The molecule has 66 heavy (non-hydrogen) atoms. The molecule has 4 N–H and O–H groups in total. The van der Waals surface area contributed by atoms with Crippen molar-refractivity contribution < 1.29 is 57.3 Å². The molecule has 0 radical (unpaired) electrons. The van der Waals surface area contributed by atoms with Crippen LogP contribution in [0.15, 0.2) is 53.7 Å². The molecule has 0 bridgehead atoms. The summed E-state index contributed by atoms with van der Waals surface area (Å²) in [7, 11) is -3.58. The molecule has 0 spiro atoms. The largest absolute Gasteiger partial charge is 0.593 e. The van der Waals surface area contributed by atoms with Gasteiger partial charge in [0.25, 0.3) is 12.3 Å². The number of carbonyl (C=O) groups excluding carboxylic acids is 1. The summed E-state index contributed by atoms with van der Waals surface area (Å²) >= 11 is 4.98. The fourth-order valence-corrected chi connectivity index (χ4v) is 11.3. The molecule has 2 heterocycles. The third kappa shape index (κ3) is 10.4. The number of anilines is 1. The van der Waals surface area contributed by atoms with Crippen LogP contribution in [0.3, 0.4) is 0 Å². The van der Waals surface area contributed by atoms with E-state index in [1.54, 1.807) is 20.8 Å². The molecule has 4 aromatic rings. The number of fused-ring (bicyclic) bond motifs is 1. The topological polar surface area (TPSA) is 165 Å². The van der Waals surface area contributed by atoms with Crippen molar-refractivity contribution in [2.75, 3.05) is 11.3 Å². The van der Waals surface area contributed by atoms with Gasteiger partial charge in [0.15, 0.2) is 9.84 Å². The van der Waals surface area contributed by atoms with E-state index in [0.717, 1.165) is 16.8 Å². The average Bonchev–Trinajstić information content (AvgIpc) is 4.15. The van der Waals surface area contributed by atoms with Gasteiger partial charge in [0.05, 0.1) is 61.3 Å². The molecule has 0 saturated heterocycles. The van der Waals surface area contributed by atoms with Gasteiger partial charge < -0.3 is 15.2 Å². The van der Waals surface area contributed by atoms with Gasteiger partial charge in [-0.15, -0.1) is 5.10 Å². The molecule has 2 aromatic heterocycles. The van der Waals surface area contributed by atoms with Crippen molar-refractivity contribution in [3.63, 3.8) is 0 Å². The lowest BCUT2D eigenvalue weighted by Crippen LogP contribution is -2.40. The number of hydrogen-bond acceptors (Lipinski definition) is 9. The summed E-state index contributed by atoms with van der Waals surface area (Å²) in [4.78, 5) is 18.7. The molecule has 3 aliphatic carbocycles. The molecule has 2 aromatic carbocycles. The Bertz CT molecular complexity index is 2690. The lowest BCUT2D eigenvalue weighted by Gasteiger charge is -2.26. The highest BCUT2D eigenvalue weighted by atomic mass is 35.5. The fraction of sp³-hybridized carbons (Fsp3) is 0.488. The highest BCUT2D eigenvalue weighted by Gasteiger charge is 2.51. The Morgan fingerprint density at radius 1 is 1.05 bits per heavy atom. The number of sulfone groups is 1. The number of rotatable bonds is 19. The summed E-state index contributed by atoms with van der Waals surface area (Å²) in [6.07, 6.45) is -8.25. The van der Waals surface area contributed by atoms with Crippen LogP contribution < -0.4 is 15.4 Å². The summed E-state index contributed by atoms with van der Waals surface area (Å²) in [5.74, 6) is -7.10. The van der Waals surface area contributed by atoms with Crippen molar-refractivity contribution in [1.82, 2.24) is 25.4 Å². The minimum atomic E-state index is -5.28. The molecule has 2 fully saturated rings. The number of aryl methyl sites for hydroxylation is 1. The third-order valence-corrected chi connectivity index (χ3v) is 17.2. The number of benzene rings is 2. The minimum absolute atomic E-state index is 0.00528. The number of nitrogens with zero attached hydrogens (tertiary/aromatic N) is 3. The zero-order valence-corrected chi connectivity index (χ0v) is 38.0. The lowest BCUT2D eigenvalue weighted by molar-refractivity contribution is -0.121. The Hall–Kier alpha value is -4.54. The number of hydrogen-bond donors (Lipinski definition) is 4. The van der Waals surface area contributed by atoms with E-state index in [-0.39, 0.29) is 62.7 Å². The van der Waals surface area contributed by atoms with E-state index in [1.807, 2.05) is 0 Å². The molecule has 3 aliphatic rings. The maximum absolute atomic E-state index is 15.0. The van der Waals surface area contributed by atoms with E-state index in [4.69, 9.17) is 22.0 Å². The molecule has 2 saturated carbocycles. The quantitative estimate of drug-likeness (QED) is 0.0410. The number of pyridine rings is 1. The van der Waals surface area contributed by atoms with Crippen molar-refractivity contribution in [3.05, 3.63) is 87.3 Å². The molecular weight excluding hydrogens is 949 g/mol. The highest BCUT2D eigenvalue weighted by Crippen LogP contribution is 2.46. The first-order valence-corrected chi connectivity index (χ1v) is 23.9. The maximum atomic E-state index is 15.0. The monoisotopic (exact) mass is 993 g/mol. The molecule has 7 rings (SSSR count). The van der Waals surface area contributed by atoms with E-state index < -0.39 is 127 Å². The number of halogens is 10. The van der Waals surface area contributed by atoms with E-state index in [0.29, 0.717) is 31.7 Å². The number of carbonyl (C=O) groups is 1. The van der Waals surface area contributed by atoms with Gasteiger partial charge in [-0.2, -0.15) is 26.7 Å². The Morgan fingerprint density at radius 2 is 1.70 bits per heavy atom. The lowest BCUT2D eigenvalue weighted by atomic mass is 9.93. The predicted molar refractivity (Wildman–Crippen MR) is 232 cm³/mol. The van der Waals surface area contributed by atoms with Crippen molar-refractivity contribution in [3.8, 4) is 11.1 Å². The Morgan fingerprint density at radius 3 is 2.30 bits per heavy atom. The molecular formula is C43H45ClF9N7O4S2. The molecule has 1 amide bonds. The van der Waals surface area contributed by atoms with Crippen LogP contribution in [0.2, 0.25) is 5.02 Å². The van der Waals surface area contributed by atoms with E-state index in [2.05, 4.69) is 20.5 Å². The van der Waals surface area contributed by atoms with Gasteiger partial charge in [-0.05, 0) is 89.1 Å². The van der Waals surface area contributed by atoms with Gasteiger partial charge >= 0.3 is 6.18 Å². The van der Waals surface area contributed by atoms with Crippen LogP contribution in [0.1, 0.15) is 88.7 Å². The van der Waals surface area contributed by atoms with Crippen LogP contribution in [0.25, 0.3) is 22.0 Å². The Labute approximate surface area is 382 Å². The van der Waals surface area contributed by atoms with E-state index in [9.17, 15) is 57.3 Å². The number of aromatic nitrogens is 3. The predicted octanol–water partition coefficient (Wildman–Crippen LogP) is 9.47. The first-order chi connectivity index (χ1) is 30.7. The van der Waals surface area contributed by atoms with Crippen molar-refractivity contribution in [1.29, 1.82) is 5.41 Å². The summed E-state index contributed by atoms with van der Waals surface area (Å²) in [6.45, 7) is 2.86. The second kappa shape index (κ2) is 18.2. The third-order valence-electron chi connectivity index (χ3n) is 12.1. The number of allylic oxidation sites excluding steroid dienone is 2. The maximum Gasteiger partial charge on any atom is 0.433 e. The average molecular weight is 994 g/mol. The molecule has 1 unspecified atom stereocenters. The van der Waals surface area contributed by atoms with Crippen LogP contribution >= 0.6 is 11.6 Å². The van der Waals surface area contributed by atoms with Crippen LogP contribution in [-0.2, 0) is 45.4 Å². The summed E-state index contributed by atoms with van der Waals surface area (Å²) in [6, 6.07) is 6.90. The first kappa shape index (κ1) is 49.4. The van der Waals surface area contributed by atoms with Gasteiger partial charge in [-0.1, -0.05) is 23.7 Å². The normalized spacial score (nSPS) is 18.2. The zero-order valence-electron chi connectivity index (χ0n) is 35.6. The Kier molecular flexibility index (Phi) is 13.6. The number of nitrogens with one attached hydrogen (secondary N) is 4. The van der Waals surface area contributed by atoms with Crippen molar-refractivity contribution >= 4 is 61.1 Å². The SMILES string of the molecule is CC1([S+]([O-])Nc2nn(CC(F)F)c3c(-c4ccc(CCC(C)(C)S(=O)(=O)C5CC5)nc4[C@H](Cc4cc(F)cc(F)c4)NC(=O)CNC4=C(C(=N)C(F)(F)F)CCC4(F)F)ccc(Cl)c23)CC1. The minimum Gasteiger partial charge on any atom is -0.593 e. The highest BCUT2D eigenvalue weighted by molar-refractivity contribution is 7.94. The van der Waals surface area contributed by atoms with Crippen LogP contribution in [0.4, 0.5) is 45.3 Å². The standard InChI is InChI=1S/C43H45ClF9N7O4S2/c1-40(2,66(63,64)26-5-6-26)12-10-25-4-7-27(28-8-9-30(44)34-36(28)60(21-32(47)48)58-39(34)59-65(62)41(3)14-15-41)35(56-25)31(18-22-16-23(45)19-24(46)17-22)57-33(61)20-55-38-29(11-13-42(38,49)50)37(54)43(51,52)53/h4,7-9,16-17,19,26,31-32,54-55H,5-6,10-15,18,20-21H2,1-3H3,(H,57,61)(H,58,59)/t31-,65?/m0/s1. The van der Waals surface area contributed by atoms with Crippen LogP contribution in [0, 0.1) is 17.0 Å².